The van der Waals surface area contributed by atoms with Crippen LogP contribution in [0.5, 0.6) is 0 Å². The fourth-order valence-electron chi connectivity index (χ4n) is 6.69. The average molecular weight is 411 g/mol. The molecule has 1 aliphatic carbocycles. The number of aliphatic hydroxyl groups excluding tert-OH is 1. The summed E-state index contributed by atoms with van der Waals surface area (Å²) in [5, 5.41) is 21.7. The van der Waals surface area contributed by atoms with Gasteiger partial charge in [-0.2, -0.15) is 0 Å². The Kier molecular flexibility index (Phi) is 4.84. The molecule has 164 valence electrons. The lowest BCUT2D eigenvalue weighted by Gasteiger charge is -2.49. The molecular formula is C22H34O7. The second kappa shape index (κ2) is 6.66. The predicted octanol–water partition coefficient (Wildman–Crippen LogP) is 1.97. The molecule has 0 aromatic carbocycles. The molecule has 3 aliphatic heterocycles. The smallest absolute Gasteiger partial charge is 0.309 e. The zero-order valence-corrected chi connectivity index (χ0v) is 18.0. The van der Waals surface area contributed by atoms with Gasteiger partial charge < -0.3 is 24.4 Å². The maximum atomic E-state index is 12.9. The molecule has 3 saturated heterocycles. The highest BCUT2D eigenvalue weighted by molar-refractivity contribution is 5.73. The fraction of sp³-hybridized carbons (Fsp3) is 0.909. The molecule has 4 rings (SSSR count). The summed E-state index contributed by atoms with van der Waals surface area (Å²) < 4.78 is 18.4. The zero-order chi connectivity index (χ0) is 21.4. The number of hydrogen-bond acceptors (Lipinski definition) is 7. The lowest BCUT2D eigenvalue weighted by Crippen LogP contribution is -2.56. The minimum absolute atomic E-state index is 0.0180. The number of hydrogen-bond donors (Lipinski definition) is 2. The Morgan fingerprint density at radius 2 is 1.90 bits per heavy atom. The molecule has 0 amide bonds. The summed E-state index contributed by atoms with van der Waals surface area (Å²) in [6, 6.07) is 0. The van der Waals surface area contributed by atoms with Gasteiger partial charge in [0.2, 0.25) is 0 Å². The maximum absolute atomic E-state index is 12.9. The quantitative estimate of drug-likeness (QED) is 0.637. The van der Waals surface area contributed by atoms with Gasteiger partial charge in [0.15, 0.2) is 0 Å². The van der Waals surface area contributed by atoms with E-state index in [9.17, 15) is 19.8 Å². The van der Waals surface area contributed by atoms with E-state index in [4.69, 9.17) is 14.2 Å². The van der Waals surface area contributed by atoms with Crippen molar-refractivity contribution in [1.82, 2.24) is 0 Å². The third kappa shape index (κ3) is 3.20. The summed E-state index contributed by atoms with van der Waals surface area (Å²) in [6.07, 6.45) is 0.637. The van der Waals surface area contributed by atoms with Crippen molar-refractivity contribution in [3.63, 3.8) is 0 Å². The Morgan fingerprint density at radius 3 is 2.55 bits per heavy atom. The first-order valence-electron chi connectivity index (χ1n) is 10.9. The number of aliphatic hydroxyl groups is 2. The van der Waals surface area contributed by atoms with Gasteiger partial charge in [0.05, 0.1) is 23.7 Å². The Bertz CT molecular complexity index is 705. The maximum Gasteiger partial charge on any atom is 0.309 e. The van der Waals surface area contributed by atoms with E-state index in [1.165, 1.54) is 6.92 Å². The summed E-state index contributed by atoms with van der Waals surface area (Å²) in [4.78, 5) is 24.8. The average Bonchev–Trinajstić information content (AvgIpc) is 2.96. The molecule has 0 spiro atoms. The lowest BCUT2D eigenvalue weighted by molar-refractivity contribution is -0.182. The number of rotatable bonds is 1. The second-order valence-electron chi connectivity index (χ2n) is 10.4. The van der Waals surface area contributed by atoms with E-state index >= 15 is 0 Å². The van der Waals surface area contributed by atoms with Gasteiger partial charge in [-0.15, -0.1) is 0 Å². The van der Waals surface area contributed by atoms with Crippen LogP contribution in [0.4, 0.5) is 0 Å². The van der Waals surface area contributed by atoms with Crippen LogP contribution in [0.3, 0.4) is 0 Å². The van der Waals surface area contributed by atoms with E-state index in [1.54, 1.807) is 6.92 Å². The SMILES string of the molecule is CC(=O)O[C@]1(C)CCC2[C@@H]3C4OC(C[C@@](C)(O)[C@H](O)CC[C@]4(C)OC(=O)[C@@H]2C)[C@@H]31. The van der Waals surface area contributed by atoms with Crippen molar-refractivity contribution in [3.8, 4) is 0 Å². The van der Waals surface area contributed by atoms with Crippen molar-refractivity contribution in [3.05, 3.63) is 0 Å². The van der Waals surface area contributed by atoms with E-state index in [0.29, 0.717) is 19.3 Å². The molecule has 2 N–H and O–H groups in total. The molecule has 1 saturated carbocycles. The van der Waals surface area contributed by atoms with Crippen LogP contribution in [0.25, 0.3) is 0 Å². The molecule has 7 nitrogen and oxygen atoms in total. The van der Waals surface area contributed by atoms with Gasteiger partial charge in [-0.1, -0.05) is 6.92 Å². The molecule has 0 aromatic heterocycles. The number of ether oxygens (including phenoxy) is 3. The van der Waals surface area contributed by atoms with Gasteiger partial charge in [0.1, 0.15) is 17.3 Å². The van der Waals surface area contributed by atoms with Gasteiger partial charge >= 0.3 is 11.9 Å². The van der Waals surface area contributed by atoms with Crippen LogP contribution in [0.1, 0.15) is 66.7 Å². The van der Waals surface area contributed by atoms with Gasteiger partial charge in [-0.3, -0.25) is 9.59 Å². The summed E-state index contributed by atoms with van der Waals surface area (Å²) >= 11 is 0. The summed E-state index contributed by atoms with van der Waals surface area (Å²) in [7, 11) is 0. The molecule has 2 bridgehead atoms. The lowest BCUT2D eigenvalue weighted by atomic mass is 9.57. The topological polar surface area (TPSA) is 102 Å². The Morgan fingerprint density at radius 1 is 1.21 bits per heavy atom. The zero-order valence-electron chi connectivity index (χ0n) is 18.0. The first-order chi connectivity index (χ1) is 13.4. The van der Waals surface area contributed by atoms with Crippen LogP contribution in [0, 0.1) is 23.7 Å². The minimum Gasteiger partial charge on any atom is -0.459 e. The molecule has 29 heavy (non-hydrogen) atoms. The Hall–Kier alpha value is -1.18. The summed E-state index contributed by atoms with van der Waals surface area (Å²) in [5.74, 6) is -0.977. The van der Waals surface area contributed by atoms with Crippen molar-refractivity contribution in [2.75, 3.05) is 0 Å². The highest BCUT2D eigenvalue weighted by atomic mass is 16.6. The molecule has 7 heteroatoms. The van der Waals surface area contributed by atoms with E-state index in [0.717, 1.165) is 6.42 Å². The van der Waals surface area contributed by atoms with Crippen molar-refractivity contribution in [2.45, 2.75) is 102 Å². The van der Waals surface area contributed by atoms with Crippen LogP contribution in [-0.2, 0) is 23.8 Å². The molecule has 3 unspecified atom stereocenters. The monoisotopic (exact) mass is 410 g/mol. The summed E-state index contributed by atoms with van der Waals surface area (Å²) in [5.41, 5.74) is -2.99. The van der Waals surface area contributed by atoms with Crippen molar-refractivity contribution in [2.24, 2.45) is 23.7 Å². The van der Waals surface area contributed by atoms with Crippen LogP contribution in [0.2, 0.25) is 0 Å². The van der Waals surface area contributed by atoms with Crippen molar-refractivity contribution >= 4 is 11.9 Å². The Labute approximate surface area is 172 Å². The van der Waals surface area contributed by atoms with Gasteiger partial charge in [0.25, 0.3) is 0 Å². The summed E-state index contributed by atoms with van der Waals surface area (Å²) in [6.45, 7) is 8.79. The first kappa shape index (κ1) is 21.1. The number of esters is 2. The predicted molar refractivity (Wildman–Crippen MR) is 103 cm³/mol. The minimum atomic E-state index is -1.34. The molecule has 3 heterocycles. The number of carbonyl (C=O) groups is 2. The van der Waals surface area contributed by atoms with E-state index in [1.807, 2.05) is 20.8 Å². The fourth-order valence-corrected chi connectivity index (χ4v) is 6.69. The largest absolute Gasteiger partial charge is 0.459 e. The first-order valence-corrected chi connectivity index (χ1v) is 10.9. The third-order valence-electron chi connectivity index (χ3n) is 8.23. The highest BCUT2D eigenvalue weighted by Gasteiger charge is 2.67. The van der Waals surface area contributed by atoms with E-state index in [2.05, 4.69) is 0 Å². The second-order valence-corrected chi connectivity index (χ2v) is 10.4. The Balaban J connectivity index is 1.85. The number of fused-ring (bicyclic) bond motifs is 2. The van der Waals surface area contributed by atoms with Crippen molar-refractivity contribution < 1.29 is 34.0 Å². The van der Waals surface area contributed by atoms with Crippen LogP contribution >= 0.6 is 0 Å². The number of carbonyl (C=O) groups excluding carboxylic acids is 2. The standard InChI is InChI=1S/C22H34O7/c1-11-13-6-8-21(4,28-12(2)23)17-14-10-20(3,26)15(24)7-9-22(5,29-19(11)25)18(27-14)16(13)17/h11,13-18,24,26H,6-10H2,1-5H3/t11-,13?,14?,15-,16+,17+,18?,20-,21-,22+/m1/s1. The van der Waals surface area contributed by atoms with Gasteiger partial charge in [-0.25, -0.2) is 0 Å². The molecule has 0 aromatic rings. The van der Waals surface area contributed by atoms with E-state index < -0.39 is 29.0 Å². The third-order valence-corrected chi connectivity index (χ3v) is 8.23. The van der Waals surface area contributed by atoms with Crippen LogP contribution in [-0.4, -0.2) is 57.3 Å². The molecule has 4 fully saturated rings. The molecule has 0 radical (unpaired) electrons. The van der Waals surface area contributed by atoms with Gasteiger partial charge in [0, 0.05) is 25.2 Å². The molecule has 4 aliphatic rings. The normalized spacial score (nSPS) is 54.4. The molecular weight excluding hydrogens is 376 g/mol. The van der Waals surface area contributed by atoms with Crippen LogP contribution in [0.15, 0.2) is 0 Å². The molecule has 10 atom stereocenters. The highest BCUT2D eigenvalue weighted by Crippen LogP contribution is 2.59. The van der Waals surface area contributed by atoms with E-state index in [-0.39, 0.29) is 48.1 Å². The van der Waals surface area contributed by atoms with Crippen LogP contribution < -0.4 is 0 Å². The van der Waals surface area contributed by atoms with Gasteiger partial charge in [-0.05, 0) is 52.4 Å². The van der Waals surface area contributed by atoms with Crippen molar-refractivity contribution in [1.29, 1.82) is 0 Å².